The zero-order chi connectivity index (χ0) is 34.9. The number of amides is 4. The fourth-order valence-corrected chi connectivity index (χ4v) is 6.45. The third-order valence-electron chi connectivity index (χ3n) is 8.09. The number of rotatable bonds is 18. The Labute approximate surface area is 289 Å². The minimum atomic E-state index is -0.984. The lowest BCUT2D eigenvalue weighted by atomic mass is 9.99. The van der Waals surface area contributed by atoms with Crippen LogP contribution >= 0.6 is 11.8 Å². The number of carbonyl (C=O) groups is 4. The molecule has 48 heavy (non-hydrogen) atoms. The zero-order valence-corrected chi connectivity index (χ0v) is 29.1. The Hall–Kier alpha value is -3.49. The largest absolute Gasteiger partial charge is 0.343 e. The van der Waals surface area contributed by atoms with Crippen molar-refractivity contribution in [2.45, 2.75) is 82.8 Å². The van der Waals surface area contributed by atoms with Crippen LogP contribution in [0.4, 0.5) is 0 Å². The smallest absolute Gasteiger partial charge is 0.245 e. The summed E-state index contributed by atoms with van der Waals surface area (Å²) < 4.78 is 0. The highest BCUT2D eigenvalue weighted by Gasteiger charge is 2.32. The standard InChI is InChI=1S/C35H54N8O4S/c1-24(2)21-29(32(45)40-28(15-9-16-39-35(37)38)34(47)43-17-10-19-48-20-18-43)42-33(46)30(23-26-13-7-4-8-14-26)41-31(44)27(36)22-25-11-5-3-6-12-25/h3-8,11-14,24,27-30,35,39H,9-10,15-23,36-38H2,1-2H3,(H,40,45)(H,41,44)(H,42,46)/t27-,28-,29-,30-/m1/s1. The van der Waals surface area contributed by atoms with Crippen LogP contribution in [0.5, 0.6) is 0 Å². The molecule has 1 aliphatic rings. The third kappa shape index (κ3) is 13.9. The van der Waals surface area contributed by atoms with Crippen molar-refractivity contribution in [3.05, 3.63) is 71.8 Å². The molecule has 1 saturated heterocycles. The number of nitrogens with one attached hydrogen (secondary N) is 4. The first kappa shape index (κ1) is 39.0. The van der Waals surface area contributed by atoms with Crippen molar-refractivity contribution in [1.29, 1.82) is 0 Å². The number of hydrogen-bond acceptors (Lipinski definition) is 9. The fourth-order valence-electron chi connectivity index (χ4n) is 5.57. The average molecular weight is 683 g/mol. The summed E-state index contributed by atoms with van der Waals surface area (Å²) in [6, 6.07) is 15.2. The first-order valence-corrected chi connectivity index (χ1v) is 18.0. The van der Waals surface area contributed by atoms with E-state index in [4.69, 9.17) is 17.2 Å². The number of nitrogens with two attached hydrogens (primary N) is 3. The number of nitrogens with zero attached hydrogens (tertiary/aromatic N) is 1. The molecule has 0 spiro atoms. The summed E-state index contributed by atoms with van der Waals surface area (Å²) in [7, 11) is 0. The lowest BCUT2D eigenvalue weighted by Crippen LogP contribution is -2.59. The van der Waals surface area contributed by atoms with E-state index in [1.807, 2.05) is 91.2 Å². The predicted octanol–water partition coefficient (Wildman–Crippen LogP) is 0.836. The highest BCUT2D eigenvalue weighted by Crippen LogP contribution is 2.14. The minimum Gasteiger partial charge on any atom is -0.343 e. The van der Waals surface area contributed by atoms with Gasteiger partial charge >= 0.3 is 0 Å². The van der Waals surface area contributed by atoms with Gasteiger partial charge in [0.05, 0.1) is 6.04 Å². The Morgan fingerprint density at radius 1 is 0.750 bits per heavy atom. The summed E-state index contributed by atoms with van der Waals surface area (Å²) in [5.74, 6) is 0.313. The van der Waals surface area contributed by atoms with E-state index < -0.39 is 48.2 Å². The van der Waals surface area contributed by atoms with E-state index >= 15 is 0 Å². The molecule has 0 bridgehead atoms. The van der Waals surface area contributed by atoms with Crippen molar-refractivity contribution in [2.24, 2.45) is 23.1 Å². The van der Waals surface area contributed by atoms with E-state index in [2.05, 4.69) is 21.3 Å². The van der Waals surface area contributed by atoms with Crippen LogP contribution in [0.2, 0.25) is 0 Å². The first-order valence-electron chi connectivity index (χ1n) is 16.9. The Kier molecular flexibility index (Phi) is 16.9. The fraction of sp³-hybridized carbons (Fsp3) is 0.543. The van der Waals surface area contributed by atoms with Gasteiger partial charge in [-0.2, -0.15) is 11.8 Å². The minimum absolute atomic E-state index is 0.0505. The van der Waals surface area contributed by atoms with E-state index in [1.165, 1.54) is 0 Å². The Morgan fingerprint density at radius 2 is 1.33 bits per heavy atom. The van der Waals surface area contributed by atoms with Crippen LogP contribution in [0.3, 0.4) is 0 Å². The molecule has 4 amide bonds. The van der Waals surface area contributed by atoms with E-state index in [0.29, 0.717) is 45.3 Å². The van der Waals surface area contributed by atoms with Crippen molar-refractivity contribution >= 4 is 35.4 Å². The van der Waals surface area contributed by atoms with Crippen LogP contribution in [0.25, 0.3) is 0 Å². The molecule has 1 heterocycles. The summed E-state index contributed by atoms with van der Waals surface area (Å²) >= 11 is 1.81. The molecule has 12 nitrogen and oxygen atoms in total. The molecule has 264 valence electrons. The van der Waals surface area contributed by atoms with Crippen LogP contribution in [-0.4, -0.2) is 90.1 Å². The van der Waals surface area contributed by atoms with Gasteiger partial charge in [-0.15, -0.1) is 0 Å². The lowest BCUT2D eigenvalue weighted by Gasteiger charge is -2.29. The summed E-state index contributed by atoms with van der Waals surface area (Å²) in [4.78, 5) is 56.5. The van der Waals surface area contributed by atoms with Crippen LogP contribution < -0.4 is 38.5 Å². The number of carbonyl (C=O) groups excluding carboxylic acids is 4. The summed E-state index contributed by atoms with van der Waals surface area (Å²) in [5.41, 5.74) is 19.2. The molecule has 3 rings (SSSR count). The normalized spacial score (nSPS) is 16.0. The molecule has 0 saturated carbocycles. The van der Waals surface area contributed by atoms with Crippen LogP contribution in [0, 0.1) is 5.92 Å². The molecule has 2 aromatic carbocycles. The van der Waals surface area contributed by atoms with Gasteiger partial charge in [-0.05, 0) is 61.4 Å². The van der Waals surface area contributed by atoms with Crippen LogP contribution in [0.15, 0.2) is 60.7 Å². The maximum absolute atomic E-state index is 13.9. The second kappa shape index (κ2) is 20.8. The van der Waals surface area contributed by atoms with Crippen molar-refractivity contribution in [3.63, 3.8) is 0 Å². The monoisotopic (exact) mass is 682 g/mol. The Balaban J connectivity index is 1.77. The SMILES string of the molecule is CC(C)C[C@@H](NC(=O)[C@@H](Cc1ccccc1)NC(=O)[C@H](N)Cc1ccccc1)C(=O)N[C@H](CCCNC(N)N)C(=O)N1CCCSCC1. The van der Waals surface area contributed by atoms with Gasteiger partial charge in [-0.25, -0.2) is 0 Å². The molecule has 2 aromatic rings. The molecule has 0 aromatic heterocycles. The quantitative estimate of drug-likeness (QED) is 0.0880. The second-order valence-electron chi connectivity index (χ2n) is 12.7. The molecular weight excluding hydrogens is 629 g/mol. The molecule has 1 aliphatic heterocycles. The highest BCUT2D eigenvalue weighted by atomic mass is 32.2. The van der Waals surface area contributed by atoms with E-state index in [9.17, 15) is 19.2 Å². The molecule has 0 unspecified atom stereocenters. The van der Waals surface area contributed by atoms with Crippen molar-refractivity contribution in [3.8, 4) is 0 Å². The zero-order valence-electron chi connectivity index (χ0n) is 28.2. The average Bonchev–Trinajstić information content (AvgIpc) is 3.35. The maximum atomic E-state index is 13.9. The van der Waals surface area contributed by atoms with Gasteiger partial charge in [0.1, 0.15) is 24.4 Å². The summed E-state index contributed by atoms with van der Waals surface area (Å²) in [6.07, 6.45) is 1.99. The van der Waals surface area contributed by atoms with Gasteiger partial charge in [0.25, 0.3) is 0 Å². The van der Waals surface area contributed by atoms with E-state index in [-0.39, 0.29) is 18.2 Å². The molecule has 4 atom stereocenters. The number of benzene rings is 2. The third-order valence-corrected chi connectivity index (χ3v) is 9.14. The molecular formula is C35H54N8O4S. The molecule has 13 heteroatoms. The van der Waals surface area contributed by atoms with Gasteiger partial charge in [0.15, 0.2) is 0 Å². The predicted molar refractivity (Wildman–Crippen MR) is 191 cm³/mol. The summed E-state index contributed by atoms with van der Waals surface area (Å²) in [6.45, 7) is 5.63. The molecule has 1 fully saturated rings. The topological polar surface area (TPSA) is 198 Å². The summed E-state index contributed by atoms with van der Waals surface area (Å²) in [5, 5.41) is 11.6. The van der Waals surface area contributed by atoms with Gasteiger partial charge in [0.2, 0.25) is 23.6 Å². The first-order chi connectivity index (χ1) is 23.0. The van der Waals surface area contributed by atoms with E-state index in [0.717, 1.165) is 29.1 Å². The van der Waals surface area contributed by atoms with Gasteiger partial charge in [-0.3, -0.25) is 24.5 Å². The van der Waals surface area contributed by atoms with Gasteiger partial charge in [0, 0.05) is 25.3 Å². The number of thioether (sulfide) groups is 1. The Bertz CT molecular complexity index is 1280. The van der Waals surface area contributed by atoms with Crippen LogP contribution in [0.1, 0.15) is 50.7 Å². The van der Waals surface area contributed by atoms with E-state index in [1.54, 1.807) is 0 Å². The molecule has 10 N–H and O–H groups in total. The van der Waals surface area contributed by atoms with Crippen molar-refractivity contribution < 1.29 is 19.2 Å². The second-order valence-corrected chi connectivity index (χ2v) is 13.9. The van der Waals surface area contributed by atoms with Gasteiger partial charge in [-0.1, -0.05) is 74.5 Å². The number of hydrogen-bond donors (Lipinski definition) is 7. The molecule has 0 aliphatic carbocycles. The van der Waals surface area contributed by atoms with Gasteiger partial charge < -0.3 is 38.1 Å². The Morgan fingerprint density at radius 3 is 1.96 bits per heavy atom. The maximum Gasteiger partial charge on any atom is 0.245 e. The van der Waals surface area contributed by atoms with Crippen molar-refractivity contribution in [2.75, 3.05) is 31.1 Å². The van der Waals surface area contributed by atoms with Crippen molar-refractivity contribution in [1.82, 2.24) is 26.2 Å². The molecule has 0 radical (unpaired) electrons. The highest BCUT2D eigenvalue weighted by molar-refractivity contribution is 7.99. The lowest BCUT2D eigenvalue weighted by molar-refractivity contribution is -0.138. The van der Waals surface area contributed by atoms with Crippen LogP contribution in [-0.2, 0) is 32.0 Å².